The van der Waals surface area contributed by atoms with Crippen molar-refractivity contribution in [2.24, 2.45) is 0 Å². The molecule has 0 atom stereocenters. The molecule has 5 heteroatoms. The number of nitrogens with zero attached hydrogens (tertiary/aromatic N) is 1. The van der Waals surface area contributed by atoms with Crippen LogP contribution in [0.4, 0.5) is 5.69 Å². The average molecular weight is 293 g/mol. The van der Waals surface area contributed by atoms with E-state index in [1.807, 2.05) is 19.1 Å². The highest BCUT2D eigenvalue weighted by atomic mass is 16.7. The van der Waals surface area contributed by atoms with E-state index in [1.165, 1.54) is 5.56 Å². The van der Waals surface area contributed by atoms with E-state index in [4.69, 9.17) is 14.2 Å². The molecular formula is C16H23NO4. The lowest BCUT2D eigenvalue weighted by Gasteiger charge is -2.32. The summed E-state index contributed by atoms with van der Waals surface area (Å²) >= 11 is 0. The van der Waals surface area contributed by atoms with Crippen molar-refractivity contribution < 1.29 is 19.0 Å². The van der Waals surface area contributed by atoms with E-state index < -0.39 is 0 Å². The molecule has 1 aliphatic heterocycles. The van der Waals surface area contributed by atoms with Gasteiger partial charge in [-0.1, -0.05) is 6.07 Å². The molecule has 1 aliphatic rings. The van der Waals surface area contributed by atoms with Gasteiger partial charge in [-0.05, 0) is 31.9 Å². The Morgan fingerprint density at radius 2 is 2.24 bits per heavy atom. The van der Waals surface area contributed by atoms with Crippen LogP contribution in [0.15, 0.2) is 18.2 Å². The third kappa shape index (κ3) is 4.11. The highest BCUT2D eigenvalue weighted by Gasteiger charge is 2.20. The number of hydrogen-bond donors (Lipinski definition) is 0. The second-order valence-corrected chi connectivity index (χ2v) is 4.95. The third-order valence-electron chi connectivity index (χ3n) is 3.53. The van der Waals surface area contributed by atoms with Gasteiger partial charge in [0, 0.05) is 31.5 Å². The number of benzene rings is 1. The number of ether oxygens (including phenoxy) is 3. The minimum Gasteiger partial charge on any atom is -0.467 e. The van der Waals surface area contributed by atoms with Crippen LogP contribution >= 0.6 is 0 Å². The summed E-state index contributed by atoms with van der Waals surface area (Å²) in [6, 6.07) is 6.03. The molecule has 0 aliphatic carbocycles. The van der Waals surface area contributed by atoms with Gasteiger partial charge in [0.25, 0.3) is 0 Å². The van der Waals surface area contributed by atoms with E-state index in [0.717, 1.165) is 30.8 Å². The van der Waals surface area contributed by atoms with Crippen LogP contribution in [-0.2, 0) is 20.7 Å². The molecule has 0 N–H and O–H groups in total. The summed E-state index contributed by atoms with van der Waals surface area (Å²) in [7, 11) is 1.61. The molecule has 5 nitrogen and oxygen atoms in total. The van der Waals surface area contributed by atoms with Crippen LogP contribution in [-0.4, -0.2) is 39.6 Å². The Morgan fingerprint density at radius 1 is 1.38 bits per heavy atom. The van der Waals surface area contributed by atoms with Crippen LogP contribution in [0.5, 0.6) is 5.75 Å². The van der Waals surface area contributed by atoms with Gasteiger partial charge in [0.2, 0.25) is 0 Å². The summed E-state index contributed by atoms with van der Waals surface area (Å²) in [6.07, 6.45) is 2.46. The maximum absolute atomic E-state index is 11.5. The topological polar surface area (TPSA) is 48.0 Å². The predicted octanol–water partition coefficient (Wildman–Crippen LogP) is 2.38. The molecule has 1 aromatic carbocycles. The molecule has 116 valence electrons. The number of esters is 1. The largest absolute Gasteiger partial charge is 0.467 e. The average Bonchev–Trinajstić information content (AvgIpc) is 2.51. The van der Waals surface area contributed by atoms with Crippen molar-refractivity contribution in [2.75, 3.05) is 38.5 Å². The molecule has 0 aromatic heterocycles. The summed E-state index contributed by atoms with van der Waals surface area (Å²) in [6.45, 7) is 4.15. The van der Waals surface area contributed by atoms with Gasteiger partial charge in [-0.3, -0.25) is 4.79 Å². The SMILES string of the molecule is CCOC(=O)CCN1CCCc2c(OCOC)cccc21. The summed E-state index contributed by atoms with van der Waals surface area (Å²) in [5.41, 5.74) is 2.35. The van der Waals surface area contributed by atoms with Crippen molar-refractivity contribution in [3.8, 4) is 5.75 Å². The second kappa shape index (κ2) is 7.88. The molecule has 0 radical (unpaired) electrons. The van der Waals surface area contributed by atoms with Crippen LogP contribution in [0, 0.1) is 0 Å². The zero-order valence-corrected chi connectivity index (χ0v) is 12.8. The van der Waals surface area contributed by atoms with Crippen molar-refractivity contribution in [3.05, 3.63) is 23.8 Å². The number of methoxy groups -OCH3 is 1. The van der Waals surface area contributed by atoms with Crippen molar-refractivity contribution >= 4 is 11.7 Å². The van der Waals surface area contributed by atoms with E-state index in [-0.39, 0.29) is 12.8 Å². The molecule has 0 saturated heterocycles. The van der Waals surface area contributed by atoms with E-state index in [0.29, 0.717) is 19.6 Å². The summed E-state index contributed by atoms with van der Waals surface area (Å²) in [5, 5.41) is 0. The van der Waals surface area contributed by atoms with Crippen molar-refractivity contribution in [1.82, 2.24) is 0 Å². The summed E-state index contributed by atoms with van der Waals surface area (Å²) in [4.78, 5) is 13.7. The minimum absolute atomic E-state index is 0.142. The van der Waals surface area contributed by atoms with Crippen LogP contribution < -0.4 is 9.64 Å². The first-order valence-corrected chi connectivity index (χ1v) is 7.40. The van der Waals surface area contributed by atoms with E-state index in [2.05, 4.69) is 11.0 Å². The Balaban J connectivity index is 2.06. The predicted molar refractivity (Wildman–Crippen MR) is 80.7 cm³/mol. The number of carbonyl (C=O) groups is 1. The van der Waals surface area contributed by atoms with E-state index >= 15 is 0 Å². The van der Waals surface area contributed by atoms with Crippen molar-refractivity contribution in [1.29, 1.82) is 0 Å². The fourth-order valence-electron chi connectivity index (χ4n) is 2.62. The molecule has 0 amide bonds. The monoisotopic (exact) mass is 293 g/mol. The molecule has 1 aromatic rings. The van der Waals surface area contributed by atoms with Gasteiger partial charge in [0.15, 0.2) is 6.79 Å². The zero-order chi connectivity index (χ0) is 15.1. The Hall–Kier alpha value is -1.75. The number of fused-ring (bicyclic) bond motifs is 1. The third-order valence-corrected chi connectivity index (χ3v) is 3.53. The van der Waals surface area contributed by atoms with Gasteiger partial charge >= 0.3 is 5.97 Å². The molecule has 2 rings (SSSR count). The van der Waals surface area contributed by atoms with Gasteiger partial charge in [0.1, 0.15) is 5.75 Å². The Kier molecular flexibility index (Phi) is 5.87. The highest BCUT2D eigenvalue weighted by molar-refractivity contribution is 5.70. The standard InChI is InChI=1S/C16H23NO4/c1-3-20-16(18)9-11-17-10-5-6-13-14(17)7-4-8-15(13)21-12-19-2/h4,7-8H,3,5-6,9-12H2,1-2H3. The van der Waals surface area contributed by atoms with Crippen LogP contribution in [0.2, 0.25) is 0 Å². The normalized spacial score (nSPS) is 13.7. The molecule has 0 spiro atoms. The second-order valence-electron chi connectivity index (χ2n) is 4.95. The van der Waals surface area contributed by atoms with Crippen LogP contribution in [0.1, 0.15) is 25.3 Å². The summed E-state index contributed by atoms with van der Waals surface area (Å²) < 4.78 is 15.6. The first-order valence-electron chi connectivity index (χ1n) is 7.40. The lowest BCUT2D eigenvalue weighted by atomic mass is 10.0. The fourth-order valence-corrected chi connectivity index (χ4v) is 2.62. The van der Waals surface area contributed by atoms with Gasteiger partial charge in [0.05, 0.1) is 13.0 Å². The van der Waals surface area contributed by atoms with Crippen molar-refractivity contribution in [3.63, 3.8) is 0 Å². The molecule has 0 saturated carbocycles. The fraction of sp³-hybridized carbons (Fsp3) is 0.562. The number of carbonyl (C=O) groups excluding carboxylic acids is 1. The zero-order valence-electron chi connectivity index (χ0n) is 12.8. The molecule has 0 unspecified atom stereocenters. The number of hydrogen-bond acceptors (Lipinski definition) is 5. The maximum atomic E-state index is 11.5. The lowest BCUT2D eigenvalue weighted by molar-refractivity contribution is -0.142. The first-order chi connectivity index (χ1) is 10.3. The Labute approximate surface area is 125 Å². The molecule has 1 heterocycles. The van der Waals surface area contributed by atoms with E-state index in [9.17, 15) is 4.79 Å². The minimum atomic E-state index is -0.142. The van der Waals surface area contributed by atoms with Gasteiger partial charge in [-0.25, -0.2) is 0 Å². The quantitative estimate of drug-likeness (QED) is 0.570. The maximum Gasteiger partial charge on any atom is 0.307 e. The molecular weight excluding hydrogens is 270 g/mol. The number of anilines is 1. The smallest absolute Gasteiger partial charge is 0.307 e. The van der Waals surface area contributed by atoms with Crippen molar-refractivity contribution in [2.45, 2.75) is 26.2 Å². The van der Waals surface area contributed by atoms with Gasteiger partial charge in [-0.15, -0.1) is 0 Å². The molecule has 0 bridgehead atoms. The van der Waals surface area contributed by atoms with Gasteiger partial charge < -0.3 is 19.1 Å². The highest BCUT2D eigenvalue weighted by Crippen LogP contribution is 2.34. The summed E-state index contributed by atoms with van der Waals surface area (Å²) in [5.74, 6) is 0.728. The lowest BCUT2D eigenvalue weighted by Crippen LogP contribution is -2.32. The first kappa shape index (κ1) is 15.6. The van der Waals surface area contributed by atoms with Crippen LogP contribution in [0.25, 0.3) is 0 Å². The molecule has 21 heavy (non-hydrogen) atoms. The van der Waals surface area contributed by atoms with E-state index in [1.54, 1.807) is 7.11 Å². The van der Waals surface area contributed by atoms with Crippen LogP contribution in [0.3, 0.4) is 0 Å². The Bertz CT molecular complexity index is 475. The number of rotatable bonds is 7. The van der Waals surface area contributed by atoms with Gasteiger partial charge in [-0.2, -0.15) is 0 Å². The Morgan fingerprint density at radius 3 is 3.00 bits per heavy atom. The molecule has 0 fully saturated rings.